The third kappa shape index (κ3) is 3.72. The van der Waals surface area contributed by atoms with E-state index in [9.17, 15) is 40.5 Å². The average molecular weight is 466 g/mol. The van der Waals surface area contributed by atoms with Crippen molar-refractivity contribution in [2.24, 2.45) is 0 Å². The van der Waals surface area contributed by atoms with Gasteiger partial charge in [-0.2, -0.15) is 0 Å². The summed E-state index contributed by atoms with van der Waals surface area (Å²) in [4.78, 5) is 43.0. The van der Waals surface area contributed by atoms with Crippen molar-refractivity contribution in [3.05, 3.63) is 101 Å². The summed E-state index contributed by atoms with van der Waals surface area (Å²) in [6.07, 6.45) is 0. The van der Waals surface area contributed by atoms with Crippen molar-refractivity contribution in [2.45, 2.75) is 0 Å². The van der Waals surface area contributed by atoms with Crippen LogP contribution in [0, 0.1) is 40.5 Å². The normalized spacial score (nSPS) is 10.8. The van der Waals surface area contributed by atoms with Gasteiger partial charge in [0.1, 0.15) is 0 Å². The lowest BCUT2D eigenvalue weighted by atomic mass is 9.96. The van der Waals surface area contributed by atoms with Crippen LogP contribution in [-0.4, -0.2) is 19.7 Å². The lowest BCUT2D eigenvalue weighted by Gasteiger charge is -2.07. The number of hydrogen-bond acceptors (Lipinski definition) is 9. The summed E-state index contributed by atoms with van der Waals surface area (Å²) in [6.45, 7) is 0. The highest BCUT2D eigenvalue weighted by atomic mass is 32.1. The molecule has 0 fully saturated rings. The van der Waals surface area contributed by atoms with E-state index in [0.29, 0.717) is 10.1 Å². The number of nitro benzene ring substituents is 4. The van der Waals surface area contributed by atoms with Crippen molar-refractivity contribution in [1.82, 2.24) is 0 Å². The molecule has 0 unspecified atom stereocenters. The summed E-state index contributed by atoms with van der Waals surface area (Å²) in [5.74, 6) is 0. The van der Waals surface area contributed by atoms with Crippen LogP contribution in [0.4, 0.5) is 22.7 Å². The van der Waals surface area contributed by atoms with Gasteiger partial charge in [0, 0.05) is 27.8 Å². The summed E-state index contributed by atoms with van der Waals surface area (Å²) < 4.78 is 0.655. The summed E-state index contributed by atoms with van der Waals surface area (Å²) in [5, 5.41) is 46.3. The lowest BCUT2D eigenvalue weighted by molar-refractivity contribution is -0.394. The molecule has 0 aliphatic rings. The summed E-state index contributed by atoms with van der Waals surface area (Å²) in [5.41, 5.74) is -1.70. The first-order chi connectivity index (χ1) is 15.7. The monoisotopic (exact) mass is 466 g/mol. The summed E-state index contributed by atoms with van der Waals surface area (Å²) in [6, 6.07) is 13.1. The Hall–Kier alpha value is -4.78. The van der Waals surface area contributed by atoms with Crippen LogP contribution in [0.3, 0.4) is 0 Å². The first kappa shape index (κ1) is 21.5. The molecule has 12 nitrogen and oxygen atoms in total. The summed E-state index contributed by atoms with van der Waals surface area (Å²) >= 11 is 1.12. The van der Waals surface area contributed by atoms with Crippen LogP contribution in [0.25, 0.3) is 31.7 Å². The van der Waals surface area contributed by atoms with Gasteiger partial charge in [-0.1, -0.05) is 18.2 Å². The molecule has 13 heteroatoms. The number of rotatable bonds is 6. The van der Waals surface area contributed by atoms with Crippen LogP contribution < -0.4 is 0 Å². The van der Waals surface area contributed by atoms with E-state index >= 15 is 0 Å². The Morgan fingerprint density at radius 1 is 0.606 bits per heavy atom. The number of fused-ring (bicyclic) bond motifs is 1. The molecule has 4 aromatic rings. The molecule has 0 aliphatic carbocycles. The predicted octanol–water partition coefficient (Wildman–Crippen LogP) is 5.87. The second-order valence-corrected chi connectivity index (χ2v) is 7.79. The fourth-order valence-electron chi connectivity index (χ4n) is 3.48. The van der Waals surface area contributed by atoms with Gasteiger partial charge in [0.05, 0.1) is 47.8 Å². The zero-order chi connectivity index (χ0) is 23.9. The van der Waals surface area contributed by atoms with Crippen LogP contribution in [0.15, 0.2) is 60.7 Å². The molecule has 0 bridgehead atoms. The van der Waals surface area contributed by atoms with Crippen molar-refractivity contribution in [3.63, 3.8) is 0 Å². The lowest BCUT2D eigenvalue weighted by Crippen LogP contribution is -1.97. The van der Waals surface area contributed by atoms with Crippen molar-refractivity contribution in [3.8, 4) is 21.6 Å². The van der Waals surface area contributed by atoms with Crippen LogP contribution in [0.2, 0.25) is 0 Å². The first-order valence-corrected chi connectivity index (χ1v) is 9.88. The van der Waals surface area contributed by atoms with Gasteiger partial charge in [-0.15, -0.1) is 11.3 Å². The van der Waals surface area contributed by atoms with E-state index in [2.05, 4.69) is 0 Å². The third-order valence-corrected chi connectivity index (χ3v) is 6.09. The minimum absolute atomic E-state index is 0.0331. The Balaban J connectivity index is 2.10. The number of hydrogen-bond donors (Lipinski definition) is 0. The van der Waals surface area contributed by atoms with E-state index < -0.39 is 42.4 Å². The van der Waals surface area contributed by atoms with E-state index in [-0.39, 0.29) is 21.6 Å². The molecule has 0 N–H and O–H groups in total. The summed E-state index contributed by atoms with van der Waals surface area (Å²) in [7, 11) is 0. The molecule has 3 aromatic carbocycles. The molecular formula is C20H10N4O8S. The van der Waals surface area contributed by atoms with Gasteiger partial charge in [0.2, 0.25) is 0 Å². The maximum Gasteiger partial charge on any atom is 0.284 e. The van der Waals surface area contributed by atoms with Crippen LogP contribution >= 0.6 is 11.3 Å². The highest BCUT2D eigenvalue weighted by Crippen LogP contribution is 2.50. The number of benzene rings is 3. The third-order valence-electron chi connectivity index (χ3n) is 4.89. The van der Waals surface area contributed by atoms with Crippen LogP contribution in [0.5, 0.6) is 0 Å². The smallest absolute Gasteiger partial charge is 0.258 e. The van der Waals surface area contributed by atoms with Gasteiger partial charge >= 0.3 is 0 Å². The fourth-order valence-corrected chi connectivity index (χ4v) is 4.73. The molecule has 0 aliphatic heterocycles. The second-order valence-electron chi connectivity index (χ2n) is 6.73. The zero-order valence-corrected chi connectivity index (χ0v) is 17.1. The SMILES string of the molecule is O=[N+]([O-])c1ccc(-c2sc3ccccc3c2-c2ccc([N+](=O)[O-])cc2[N+](=O)[O-])c([N+](=O)[O-])c1. The Morgan fingerprint density at radius 2 is 1.12 bits per heavy atom. The molecule has 1 heterocycles. The molecule has 33 heavy (non-hydrogen) atoms. The van der Waals surface area contributed by atoms with Gasteiger partial charge < -0.3 is 0 Å². The maximum atomic E-state index is 11.8. The van der Waals surface area contributed by atoms with Gasteiger partial charge in [-0.3, -0.25) is 40.5 Å². The molecule has 0 spiro atoms. The standard InChI is InChI=1S/C20H10N4O8S/c25-21(26)11-5-7-13(16(9-11)23(29)30)19-15-3-1-2-4-18(15)33-20(19)14-8-6-12(22(27)28)10-17(14)24(31)32/h1-10H. The Kier molecular flexibility index (Phi) is 5.23. The van der Waals surface area contributed by atoms with E-state index in [4.69, 9.17) is 0 Å². The Morgan fingerprint density at radius 3 is 1.67 bits per heavy atom. The first-order valence-electron chi connectivity index (χ1n) is 9.07. The molecule has 0 saturated carbocycles. The molecule has 1 aromatic heterocycles. The number of nitrogens with zero attached hydrogens (tertiary/aromatic N) is 4. The molecule has 0 saturated heterocycles. The van der Waals surface area contributed by atoms with Gasteiger partial charge in [0.15, 0.2) is 0 Å². The molecule has 164 valence electrons. The Labute approximate surface area is 186 Å². The maximum absolute atomic E-state index is 11.8. The van der Waals surface area contributed by atoms with E-state index in [1.54, 1.807) is 24.3 Å². The minimum Gasteiger partial charge on any atom is -0.258 e. The van der Waals surface area contributed by atoms with Crippen molar-refractivity contribution < 1.29 is 19.7 Å². The van der Waals surface area contributed by atoms with Crippen molar-refractivity contribution >= 4 is 44.2 Å². The molecule has 0 amide bonds. The Bertz CT molecular complexity index is 1500. The minimum atomic E-state index is -0.763. The van der Waals surface area contributed by atoms with Crippen molar-refractivity contribution in [2.75, 3.05) is 0 Å². The highest BCUT2D eigenvalue weighted by Gasteiger charge is 2.29. The average Bonchev–Trinajstić information content (AvgIpc) is 3.17. The highest BCUT2D eigenvalue weighted by molar-refractivity contribution is 7.23. The molecule has 0 atom stereocenters. The second kappa shape index (κ2) is 8.05. The van der Waals surface area contributed by atoms with Gasteiger partial charge in [-0.05, 0) is 18.2 Å². The zero-order valence-electron chi connectivity index (χ0n) is 16.2. The van der Waals surface area contributed by atoms with E-state index in [1.165, 1.54) is 12.1 Å². The van der Waals surface area contributed by atoms with Crippen LogP contribution in [-0.2, 0) is 0 Å². The predicted molar refractivity (Wildman–Crippen MR) is 119 cm³/mol. The van der Waals surface area contributed by atoms with Gasteiger partial charge in [0.25, 0.3) is 22.7 Å². The molecular weight excluding hydrogens is 456 g/mol. The largest absolute Gasteiger partial charge is 0.284 e. The van der Waals surface area contributed by atoms with Crippen LogP contribution in [0.1, 0.15) is 0 Å². The number of nitro groups is 4. The van der Waals surface area contributed by atoms with Gasteiger partial charge in [-0.25, -0.2) is 0 Å². The fraction of sp³-hybridized carbons (Fsp3) is 0. The molecule has 4 rings (SSSR count). The quantitative estimate of drug-likeness (QED) is 0.250. The topological polar surface area (TPSA) is 173 Å². The number of non-ortho nitro benzene ring substituents is 2. The van der Waals surface area contributed by atoms with E-state index in [1.807, 2.05) is 0 Å². The van der Waals surface area contributed by atoms with Crippen molar-refractivity contribution in [1.29, 1.82) is 0 Å². The van der Waals surface area contributed by atoms with E-state index in [0.717, 1.165) is 35.6 Å². The molecule has 0 radical (unpaired) electrons. The number of thiophene rings is 1.